The number of aliphatic hydroxyl groups is 1. The lowest BCUT2D eigenvalue weighted by Crippen LogP contribution is -2.33. The minimum atomic E-state index is -4.15. The van der Waals surface area contributed by atoms with Gasteiger partial charge in [0.15, 0.2) is 0 Å². The van der Waals surface area contributed by atoms with Crippen LogP contribution in [-0.2, 0) is 34.5 Å². The second kappa shape index (κ2) is 8.39. The molecule has 1 N–H and O–H groups in total. The monoisotopic (exact) mass is 469 g/mol. The van der Waals surface area contributed by atoms with E-state index in [1.54, 1.807) is 6.07 Å². The Balaban J connectivity index is 1.52. The van der Waals surface area contributed by atoms with Crippen LogP contribution in [0.3, 0.4) is 0 Å². The number of benzene rings is 1. The van der Waals surface area contributed by atoms with Gasteiger partial charge in [-0.15, -0.1) is 0 Å². The van der Waals surface area contributed by atoms with Crippen molar-refractivity contribution in [3.8, 4) is 0 Å². The van der Waals surface area contributed by atoms with Crippen molar-refractivity contribution >= 4 is 15.9 Å². The molecule has 1 amide bonds. The van der Waals surface area contributed by atoms with Crippen molar-refractivity contribution in [1.82, 2.24) is 23.9 Å². The van der Waals surface area contributed by atoms with Crippen molar-refractivity contribution in [3.05, 3.63) is 65.5 Å². The van der Waals surface area contributed by atoms with Crippen LogP contribution < -0.4 is 0 Å². The fraction of sp³-hybridized carbons (Fsp3) is 0.316. The van der Waals surface area contributed by atoms with Crippen LogP contribution in [0.5, 0.6) is 0 Å². The first-order valence-corrected chi connectivity index (χ1v) is 10.9. The molecule has 0 radical (unpaired) electrons. The molecule has 0 saturated heterocycles. The molecular formula is C19H18F3N5O4S. The maximum atomic E-state index is 14.1. The van der Waals surface area contributed by atoms with E-state index in [-0.39, 0.29) is 23.5 Å². The van der Waals surface area contributed by atoms with Gasteiger partial charge in [-0.25, -0.2) is 13.2 Å². The highest BCUT2D eigenvalue weighted by Gasteiger charge is 2.34. The van der Waals surface area contributed by atoms with Crippen molar-refractivity contribution in [1.29, 1.82) is 0 Å². The lowest BCUT2D eigenvalue weighted by Gasteiger charge is -2.22. The number of fused-ring (bicyclic) bond motifs is 1. The van der Waals surface area contributed by atoms with Crippen LogP contribution in [0.15, 0.2) is 47.8 Å². The molecule has 0 bridgehead atoms. The number of rotatable bonds is 7. The first-order chi connectivity index (χ1) is 15.2. The molecule has 0 fully saturated rings. The minimum Gasteiger partial charge on any atom is -0.395 e. The van der Waals surface area contributed by atoms with Crippen LogP contribution in [0.4, 0.5) is 13.2 Å². The summed E-state index contributed by atoms with van der Waals surface area (Å²) in [7, 11) is -4.15. The maximum Gasteiger partial charge on any atom is 0.286 e. The third-order valence-corrected chi connectivity index (χ3v) is 6.60. The molecule has 0 saturated carbocycles. The highest BCUT2D eigenvalue weighted by Crippen LogP contribution is 2.28. The molecule has 3 aromatic rings. The summed E-state index contributed by atoms with van der Waals surface area (Å²) in [5, 5.41) is 17.3. The van der Waals surface area contributed by atoms with Crippen LogP contribution in [0, 0.1) is 5.82 Å². The average Bonchev–Trinajstić information content (AvgIpc) is 3.44. The fourth-order valence-corrected chi connectivity index (χ4v) is 4.64. The molecule has 0 spiro atoms. The minimum absolute atomic E-state index is 0.0215. The molecule has 1 atom stereocenters. The van der Waals surface area contributed by atoms with Crippen molar-refractivity contribution in [3.63, 3.8) is 0 Å². The van der Waals surface area contributed by atoms with E-state index in [1.807, 2.05) is 0 Å². The van der Waals surface area contributed by atoms with E-state index in [2.05, 4.69) is 10.2 Å². The first-order valence-electron chi connectivity index (χ1n) is 9.48. The van der Waals surface area contributed by atoms with E-state index in [0.717, 1.165) is 17.1 Å². The van der Waals surface area contributed by atoms with Crippen molar-refractivity contribution in [2.75, 3.05) is 6.61 Å². The molecule has 0 aliphatic carbocycles. The molecule has 170 valence electrons. The molecule has 0 unspecified atom stereocenters. The van der Waals surface area contributed by atoms with Crippen molar-refractivity contribution in [2.45, 2.75) is 36.9 Å². The normalized spacial score (nSPS) is 14.7. The van der Waals surface area contributed by atoms with Gasteiger partial charge in [0.25, 0.3) is 16.4 Å². The topological polar surface area (TPSA) is 110 Å². The van der Waals surface area contributed by atoms with E-state index >= 15 is 0 Å². The number of amides is 1. The van der Waals surface area contributed by atoms with Crippen molar-refractivity contribution < 1.29 is 31.5 Å². The number of carbonyl (C=O) groups is 1. The Kier molecular flexibility index (Phi) is 5.77. The van der Waals surface area contributed by atoms with E-state index in [1.165, 1.54) is 29.3 Å². The van der Waals surface area contributed by atoms with Crippen molar-refractivity contribution in [2.24, 2.45) is 0 Å². The first kappa shape index (κ1) is 22.0. The predicted molar refractivity (Wildman–Crippen MR) is 104 cm³/mol. The Bertz CT molecular complexity index is 1230. The molecule has 9 nitrogen and oxygen atoms in total. The Hall–Kier alpha value is -3.19. The lowest BCUT2D eigenvalue weighted by molar-refractivity contribution is -0.134. The highest BCUT2D eigenvalue weighted by atomic mass is 32.2. The van der Waals surface area contributed by atoms with Crippen LogP contribution in [0.2, 0.25) is 0 Å². The van der Waals surface area contributed by atoms with Crippen LogP contribution >= 0.6 is 0 Å². The molecule has 32 heavy (non-hydrogen) atoms. The summed E-state index contributed by atoms with van der Waals surface area (Å²) in [6.45, 7) is -1.33. The average molecular weight is 469 g/mol. The zero-order chi connectivity index (χ0) is 23.0. The van der Waals surface area contributed by atoms with Gasteiger partial charge in [0.1, 0.15) is 17.3 Å². The summed E-state index contributed by atoms with van der Waals surface area (Å²) in [4.78, 5) is 13.9. The zero-order valence-corrected chi connectivity index (χ0v) is 17.3. The third-order valence-electron chi connectivity index (χ3n) is 5.11. The van der Waals surface area contributed by atoms with E-state index in [9.17, 15) is 31.5 Å². The second-order valence-corrected chi connectivity index (χ2v) is 9.01. The summed E-state index contributed by atoms with van der Waals surface area (Å²) >= 11 is 0. The summed E-state index contributed by atoms with van der Waals surface area (Å²) in [6.07, 6.45) is 0.499. The number of aliphatic hydroxyl groups excluding tert-OH is 1. The number of nitrogens with zero attached hydrogens (tertiary/aromatic N) is 5. The summed E-state index contributed by atoms with van der Waals surface area (Å²) in [5.74, 6) is -2.23. The summed E-state index contributed by atoms with van der Waals surface area (Å²) in [5.41, 5.74) is 0.859. The molecule has 1 aromatic carbocycles. The van der Waals surface area contributed by atoms with Gasteiger partial charge >= 0.3 is 0 Å². The van der Waals surface area contributed by atoms with E-state index in [4.69, 9.17) is 0 Å². The van der Waals surface area contributed by atoms with Crippen LogP contribution in [-0.4, -0.2) is 56.3 Å². The van der Waals surface area contributed by atoms with Gasteiger partial charge in [0.2, 0.25) is 5.91 Å². The number of hydrogen-bond acceptors (Lipinski definition) is 6. The molecule has 4 rings (SSSR count). The van der Waals surface area contributed by atoms with Gasteiger partial charge in [0, 0.05) is 30.1 Å². The van der Waals surface area contributed by atoms with Crippen LogP contribution in [0.1, 0.15) is 22.7 Å². The molecule has 13 heteroatoms. The molecule has 1 aliphatic heterocycles. The lowest BCUT2D eigenvalue weighted by atomic mass is 9.98. The van der Waals surface area contributed by atoms with Gasteiger partial charge in [-0.1, -0.05) is 18.2 Å². The smallest absolute Gasteiger partial charge is 0.286 e. The Morgan fingerprint density at radius 1 is 1.19 bits per heavy atom. The van der Waals surface area contributed by atoms with Crippen LogP contribution in [0.25, 0.3) is 0 Å². The SMILES string of the molecule is O=C([C@@H](CO)c1ccccc1F)N1Cc2cn(S(=O)(=O)c3cnn(CC(F)F)c3)nc2C1. The number of hydrogen-bond donors (Lipinski definition) is 1. The number of carbonyl (C=O) groups excluding carboxylic acids is 1. The Morgan fingerprint density at radius 3 is 2.59 bits per heavy atom. The molecular weight excluding hydrogens is 451 g/mol. The standard InChI is InChI=1S/C19H18F3N5O4S/c20-16-4-2-1-3-14(16)15(11-28)19(29)25-6-12-7-27(24-17(12)9-25)32(30,31)13-5-23-26(8-13)10-18(21)22/h1-5,7-8,15,18,28H,6,9-11H2/t15-/m0/s1. The second-order valence-electron chi connectivity index (χ2n) is 7.22. The van der Waals surface area contributed by atoms with Gasteiger partial charge in [-0.05, 0) is 6.07 Å². The number of aromatic nitrogens is 4. The largest absolute Gasteiger partial charge is 0.395 e. The van der Waals surface area contributed by atoms with E-state index < -0.39 is 47.2 Å². The predicted octanol–water partition coefficient (Wildman–Crippen LogP) is 1.34. The molecule has 1 aliphatic rings. The third kappa shape index (κ3) is 4.00. The van der Waals surface area contributed by atoms with Gasteiger partial charge in [0.05, 0.1) is 31.0 Å². The summed E-state index contributed by atoms with van der Waals surface area (Å²) in [6, 6.07) is 5.66. The van der Waals surface area contributed by atoms with E-state index in [0.29, 0.717) is 15.3 Å². The number of alkyl halides is 2. The fourth-order valence-electron chi connectivity index (χ4n) is 3.52. The maximum absolute atomic E-state index is 14.1. The number of halogens is 3. The van der Waals surface area contributed by atoms with Gasteiger partial charge in [-0.3, -0.25) is 9.48 Å². The zero-order valence-electron chi connectivity index (χ0n) is 16.5. The highest BCUT2D eigenvalue weighted by molar-refractivity contribution is 7.89. The van der Waals surface area contributed by atoms with Gasteiger partial charge < -0.3 is 10.0 Å². The quantitative estimate of drug-likeness (QED) is 0.559. The molecule has 2 aromatic heterocycles. The molecule has 3 heterocycles. The summed E-state index contributed by atoms with van der Waals surface area (Å²) < 4.78 is 66.0. The van der Waals surface area contributed by atoms with Gasteiger partial charge in [-0.2, -0.15) is 22.7 Å². The Labute approximate surface area is 180 Å². The Morgan fingerprint density at radius 2 is 1.94 bits per heavy atom.